The zero-order chi connectivity index (χ0) is 20.7. The fraction of sp³-hybridized carbons (Fsp3) is 0.250. The maximum Gasteiger partial charge on any atom is 0.307 e. The summed E-state index contributed by atoms with van der Waals surface area (Å²) in [5.41, 5.74) is 0.134. The lowest BCUT2D eigenvalue weighted by Gasteiger charge is -2.14. The van der Waals surface area contributed by atoms with Crippen molar-refractivity contribution in [2.75, 3.05) is 11.6 Å². The van der Waals surface area contributed by atoms with E-state index in [0.29, 0.717) is 5.56 Å². The van der Waals surface area contributed by atoms with E-state index in [2.05, 4.69) is 5.32 Å². The van der Waals surface area contributed by atoms with Crippen LogP contribution in [-0.2, 0) is 14.3 Å². The van der Waals surface area contributed by atoms with Crippen LogP contribution < -0.4 is 5.32 Å². The molecule has 0 fully saturated rings. The molecule has 2 aromatic rings. The zero-order valence-corrected chi connectivity index (χ0v) is 16.1. The first kappa shape index (κ1) is 21.6. The van der Waals surface area contributed by atoms with Gasteiger partial charge in [0.1, 0.15) is 11.6 Å². The number of ketones is 1. The summed E-state index contributed by atoms with van der Waals surface area (Å²) < 4.78 is 31.6. The highest BCUT2D eigenvalue weighted by atomic mass is 32.2. The number of amides is 1. The van der Waals surface area contributed by atoms with Gasteiger partial charge in [-0.05, 0) is 37.4 Å². The molecule has 1 N–H and O–H groups in total. The fourth-order valence-corrected chi connectivity index (χ4v) is 2.68. The Kier molecular flexibility index (Phi) is 7.69. The van der Waals surface area contributed by atoms with Gasteiger partial charge in [-0.2, -0.15) is 0 Å². The molecule has 0 aliphatic carbocycles. The van der Waals surface area contributed by atoms with Gasteiger partial charge in [0.05, 0.1) is 12.1 Å². The first-order valence-corrected chi connectivity index (χ1v) is 9.65. The summed E-state index contributed by atoms with van der Waals surface area (Å²) in [5.74, 6) is -3.30. The zero-order valence-electron chi connectivity index (χ0n) is 15.3. The summed E-state index contributed by atoms with van der Waals surface area (Å²) in [6, 6.07) is 9.61. The third kappa shape index (κ3) is 6.16. The minimum absolute atomic E-state index is 0.0652. The van der Waals surface area contributed by atoms with E-state index in [4.69, 9.17) is 4.74 Å². The van der Waals surface area contributed by atoms with Crippen LogP contribution in [0, 0.1) is 11.6 Å². The lowest BCUT2D eigenvalue weighted by atomic mass is 10.1. The van der Waals surface area contributed by atoms with Gasteiger partial charge in [-0.1, -0.05) is 12.1 Å². The standard InChI is InChI=1S/C20H19F2NO4S/c1-12(20(26)23-17-11-14(21)5-8-16(17)22)27-19(25)10-9-18(24)13-3-6-15(28-2)7-4-13/h3-8,11-12H,9-10H2,1-2H3,(H,23,26)/t12-/m1/s1. The molecule has 0 spiro atoms. The van der Waals surface area contributed by atoms with Crippen molar-refractivity contribution in [2.45, 2.75) is 30.8 Å². The van der Waals surface area contributed by atoms with Crippen LogP contribution in [0.2, 0.25) is 0 Å². The second kappa shape index (κ2) is 9.98. The number of anilines is 1. The van der Waals surface area contributed by atoms with Crippen LogP contribution in [0.25, 0.3) is 0 Å². The van der Waals surface area contributed by atoms with E-state index in [0.717, 1.165) is 23.1 Å². The van der Waals surface area contributed by atoms with Crippen molar-refractivity contribution in [1.82, 2.24) is 0 Å². The predicted molar refractivity (Wildman–Crippen MR) is 102 cm³/mol. The van der Waals surface area contributed by atoms with Gasteiger partial charge < -0.3 is 10.1 Å². The largest absolute Gasteiger partial charge is 0.453 e. The average Bonchev–Trinajstić information content (AvgIpc) is 2.68. The topological polar surface area (TPSA) is 72.5 Å². The van der Waals surface area contributed by atoms with Gasteiger partial charge in [0.2, 0.25) is 0 Å². The van der Waals surface area contributed by atoms with E-state index in [1.807, 2.05) is 18.4 Å². The molecule has 0 aliphatic rings. The smallest absolute Gasteiger partial charge is 0.307 e. The first-order valence-electron chi connectivity index (χ1n) is 8.43. The van der Waals surface area contributed by atoms with E-state index < -0.39 is 29.6 Å². The van der Waals surface area contributed by atoms with E-state index in [-0.39, 0.29) is 24.3 Å². The number of hydrogen-bond donors (Lipinski definition) is 1. The average molecular weight is 407 g/mol. The molecule has 0 heterocycles. The van der Waals surface area contributed by atoms with Crippen LogP contribution in [0.5, 0.6) is 0 Å². The number of benzene rings is 2. The van der Waals surface area contributed by atoms with Crippen molar-refractivity contribution in [1.29, 1.82) is 0 Å². The number of esters is 1. The highest BCUT2D eigenvalue weighted by Gasteiger charge is 2.20. The van der Waals surface area contributed by atoms with E-state index >= 15 is 0 Å². The summed E-state index contributed by atoms with van der Waals surface area (Å²) >= 11 is 1.55. The molecule has 5 nitrogen and oxygen atoms in total. The van der Waals surface area contributed by atoms with Crippen LogP contribution in [0.4, 0.5) is 14.5 Å². The minimum Gasteiger partial charge on any atom is -0.453 e. The second-order valence-electron chi connectivity index (χ2n) is 5.90. The van der Waals surface area contributed by atoms with Crippen LogP contribution in [0.1, 0.15) is 30.1 Å². The molecular formula is C20H19F2NO4S. The third-order valence-corrected chi connectivity index (χ3v) is 4.58. The molecule has 2 aromatic carbocycles. The van der Waals surface area contributed by atoms with Gasteiger partial charge in [0.25, 0.3) is 5.91 Å². The van der Waals surface area contributed by atoms with Crippen molar-refractivity contribution >= 4 is 35.1 Å². The van der Waals surface area contributed by atoms with Crippen molar-refractivity contribution < 1.29 is 27.9 Å². The van der Waals surface area contributed by atoms with Crippen molar-refractivity contribution in [3.05, 3.63) is 59.7 Å². The number of halogens is 2. The SMILES string of the molecule is CSc1ccc(C(=O)CCC(=O)O[C@H](C)C(=O)Nc2cc(F)ccc2F)cc1. The van der Waals surface area contributed by atoms with Gasteiger partial charge in [-0.3, -0.25) is 14.4 Å². The summed E-state index contributed by atoms with van der Waals surface area (Å²) in [7, 11) is 0. The lowest BCUT2D eigenvalue weighted by molar-refractivity contribution is -0.153. The molecule has 0 radical (unpaired) electrons. The molecule has 0 saturated heterocycles. The summed E-state index contributed by atoms with van der Waals surface area (Å²) in [5, 5.41) is 2.16. The van der Waals surface area contributed by atoms with Gasteiger partial charge in [-0.25, -0.2) is 8.78 Å². The Balaban J connectivity index is 1.83. The summed E-state index contributed by atoms with van der Waals surface area (Å²) in [6.07, 6.45) is 0.428. The number of carbonyl (C=O) groups is 3. The lowest BCUT2D eigenvalue weighted by Crippen LogP contribution is -2.30. The van der Waals surface area contributed by atoms with Gasteiger partial charge in [-0.15, -0.1) is 11.8 Å². The quantitative estimate of drug-likeness (QED) is 0.403. The maximum absolute atomic E-state index is 13.5. The Morgan fingerprint density at radius 2 is 1.75 bits per heavy atom. The number of nitrogens with one attached hydrogen (secondary N) is 1. The first-order chi connectivity index (χ1) is 13.3. The van der Waals surface area contributed by atoms with Crippen molar-refractivity contribution in [2.24, 2.45) is 0 Å². The monoisotopic (exact) mass is 407 g/mol. The predicted octanol–water partition coefficient (Wildman–Crippen LogP) is 4.22. The van der Waals surface area contributed by atoms with Crippen molar-refractivity contribution in [3.8, 4) is 0 Å². The Morgan fingerprint density at radius 3 is 2.39 bits per heavy atom. The Labute approximate surface area is 165 Å². The summed E-state index contributed by atoms with van der Waals surface area (Å²) in [4.78, 5) is 37.0. The number of carbonyl (C=O) groups excluding carboxylic acids is 3. The number of ether oxygens (including phenoxy) is 1. The van der Waals surface area contributed by atoms with E-state index in [1.54, 1.807) is 23.9 Å². The van der Waals surface area contributed by atoms with Crippen molar-refractivity contribution in [3.63, 3.8) is 0 Å². The molecule has 0 aromatic heterocycles. The molecule has 0 bridgehead atoms. The highest BCUT2D eigenvalue weighted by Crippen LogP contribution is 2.17. The minimum atomic E-state index is -1.23. The molecule has 0 aliphatic heterocycles. The highest BCUT2D eigenvalue weighted by molar-refractivity contribution is 7.98. The molecule has 0 saturated carbocycles. The molecule has 148 valence electrons. The van der Waals surface area contributed by atoms with E-state index in [1.165, 1.54) is 6.92 Å². The molecule has 1 atom stereocenters. The summed E-state index contributed by atoms with van der Waals surface area (Å²) in [6.45, 7) is 1.30. The van der Waals surface area contributed by atoms with Crippen LogP contribution in [0.15, 0.2) is 47.4 Å². The fourth-order valence-electron chi connectivity index (χ4n) is 2.27. The Bertz CT molecular complexity index is 871. The molecule has 28 heavy (non-hydrogen) atoms. The van der Waals surface area contributed by atoms with Gasteiger partial charge >= 0.3 is 5.97 Å². The van der Waals surface area contributed by atoms with Crippen LogP contribution in [-0.4, -0.2) is 30.0 Å². The van der Waals surface area contributed by atoms with Gasteiger partial charge in [0.15, 0.2) is 11.9 Å². The number of thioether (sulfide) groups is 1. The third-order valence-electron chi connectivity index (χ3n) is 3.83. The van der Waals surface area contributed by atoms with E-state index in [9.17, 15) is 23.2 Å². The normalized spacial score (nSPS) is 11.6. The molecular weight excluding hydrogens is 388 g/mol. The Hall–Kier alpha value is -2.74. The number of Topliss-reactive ketones (excluding diaryl/α,β-unsaturated/α-hetero) is 1. The Morgan fingerprint density at radius 1 is 1.07 bits per heavy atom. The number of rotatable bonds is 8. The van der Waals surface area contributed by atoms with Crippen LogP contribution >= 0.6 is 11.8 Å². The molecule has 0 unspecified atom stereocenters. The van der Waals surface area contributed by atoms with Gasteiger partial charge in [0, 0.05) is 22.9 Å². The van der Waals surface area contributed by atoms with Crippen LogP contribution in [0.3, 0.4) is 0 Å². The number of hydrogen-bond acceptors (Lipinski definition) is 5. The second-order valence-corrected chi connectivity index (χ2v) is 6.78. The molecule has 2 rings (SSSR count). The molecule has 1 amide bonds. The molecule has 8 heteroatoms. The maximum atomic E-state index is 13.5.